The van der Waals surface area contributed by atoms with Gasteiger partial charge in [0.25, 0.3) is 0 Å². The smallest absolute Gasteiger partial charge is 0.157 e. The molecule has 0 amide bonds. The van der Waals surface area contributed by atoms with Crippen molar-refractivity contribution in [3.05, 3.63) is 48.6 Å². The average molecular weight is 307 g/mol. The first-order valence-corrected chi connectivity index (χ1v) is 7.69. The van der Waals surface area contributed by atoms with E-state index in [2.05, 4.69) is 34.8 Å². The fraction of sp³-hybridized carbons (Fsp3) is 0.312. The van der Waals surface area contributed by atoms with Crippen LogP contribution in [0.4, 0.5) is 5.82 Å². The summed E-state index contributed by atoms with van der Waals surface area (Å²) in [6, 6.07) is 2.16. The van der Waals surface area contributed by atoms with Crippen LogP contribution in [0.2, 0.25) is 0 Å². The minimum atomic E-state index is 0.211. The molecule has 3 aromatic rings. The van der Waals surface area contributed by atoms with E-state index in [1.807, 2.05) is 19.2 Å². The van der Waals surface area contributed by atoms with E-state index in [1.165, 1.54) is 0 Å². The minimum absolute atomic E-state index is 0.211. The molecule has 116 valence electrons. The number of aromatic amines is 1. The Morgan fingerprint density at radius 3 is 2.83 bits per heavy atom. The number of anilines is 1. The summed E-state index contributed by atoms with van der Waals surface area (Å²) in [5.41, 5.74) is 1.72. The summed E-state index contributed by atoms with van der Waals surface area (Å²) in [7, 11) is 0. The van der Waals surface area contributed by atoms with Gasteiger partial charge in [-0.15, -0.1) is 0 Å². The van der Waals surface area contributed by atoms with Gasteiger partial charge >= 0.3 is 0 Å². The Labute approximate surface area is 133 Å². The van der Waals surface area contributed by atoms with Gasteiger partial charge in [0, 0.05) is 25.1 Å². The number of rotatable bonds is 3. The van der Waals surface area contributed by atoms with Crippen molar-refractivity contribution in [3.8, 4) is 11.5 Å². The van der Waals surface area contributed by atoms with E-state index >= 15 is 0 Å². The highest BCUT2D eigenvalue weighted by Crippen LogP contribution is 2.34. The van der Waals surface area contributed by atoms with E-state index in [-0.39, 0.29) is 6.04 Å². The van der Waals surface area contributed by atoms with Crippen LogP contribution < -0.4 is 4.90 Å². The van der Waals surface area contributed by atoms with Gasteiger partial charge in [0.05, 0.1) is 24.1 Å². The molecule has 0 aliphatic carbocycles. The molecule has 0 spiro atoms. The van der Waals surface area contributed by atoms with Gasteiger partial charge in [-0.2, -0.15) is 0 Å². The van der Waals surface area contributed by atoms with Crippen LogP contribution in [0.25, 0.3) is 11.5 Å². The van der Waals surface area contributed by atoms with Crippen molar-refractivity contribution in [1.29, 1.82) is 0 Å². The molecule has 0 bridgehead atoms. The second-order valence-electron chi connectivity index (χ2n) is 5.58. The fourth-order valence-corrected chi connectivity index (χ4v) is 2.99. The monoisotopic (exact) mass is 307 g/mol. The molecule has 1 aliphatic heterocycles. The average Bonchev–Trinajstić information content (AvgIpc) is 3.27. The third-order valence-corrected chi connectivity index (χ3v) is 4.06. The molecule has 0 aromatic carbocycles. The van der Waals surface area contributed by atoms with Gasteiger partial charge in [0.1, 0.15) is 17.3 Å². The van der Waals surface area contributed by atoms with Crippen molar-refractivity contribution in [1.82, 2.24) is 29.9 Å². The van der Waals surface area contributed by atoms with Gasteiger partial charge in [-0.3, -0.25) is 4.98 Å². The lowest BCUT2D eigenvalue weighted by molar-refractivity contribution is 0.681. The minimum Gasteiger partial charge on any atom is -0.348 e. The van der Waals surface area contributed by atoms with Crippen molar-refractivity contribution in [2.45, 2.75) is 25.8 Å². The predicted molar refractivity (Wildman–Crippen MR) is 85.7 cm³/mol. The lowest BCUT2D eigenvalue weighted by atomic mass is 10.1. The molecule has 0 unspecified atom stereocenters. The summed E-state index contributed by atoms with van der Waals surface area (Å²) in [6.07, 6.45) is 11.1. The van der Waals surface area contributed by atoms with Crippen LogP contribution in [0.3, 0.4) is 0 Å². The molecular formula is C16H17N7. The molecule has 4 heterocycles. The van der Waals surface area contributed by atoms with E-state index in [1.54, 1.807) is 24.8 Å². The van der Waals surface area contributed by atoms with Crippen molar-refractivity contribution in [2.75, 3.05) is 11.4 Å². The van der Waals surface area contributed by atoms with Crippen molar-refractivity contribution < 1.29 is 0 Å². The highest BCUT2D eigenvalue weighted by molar-refractivity contribution is 5.47. The van der Waals surface area contributed by atoms with E-state index < -0.39 is 0 Å². The third kappa shape index (κ3) is 2.65. The molecule has 1 aliphatic rings. The van der Waals surface area contributed by atoms with Gasteiger partial charge in [0.2, 0.25) is 0 Å². The number of H-pyrrole nitrogens is 1. The highest BCUT2D eigenvalue weighted by atomic mass is 15.2. The molecule has 1 fully saturated rings. The Balaban J connectivity index is 1.61. The Bertz CT molecular complexity index is 782. The van der Waals surface area contributed by atoms with E-state index in [0.29, 0.717) is 0 Å². The van der Waals surface area contributed by atoms with Crippen LogP contribution in [0.15, 0.2) is 37.1 Å². The summed E-state index contributed by atoms with van der Waals surface area (Å²) >= 11 is 0. The molecule has 4 rings (SSSR count). The molecule has 23 heavy (non-hydrogen) atoms. The van der Waals surface area contributed by atoms with E-state index in [9.17, 15) is 0 Å². The molecule has 1 atom stereocenters. The molecular weight excluding hydrogens is 290 g/mol. The molecule has 1 saturated heterocycles. The SMILES string of the molecule is Cc1nccc(N2CCC[C@@H]2c2cnc(-c3ncc[nH]3)cn2)n1. The van der Waals surface area contributed by atoms with Crippen molar-refractivity contribution in [3.63, 3.8) is 0 Å². The topological polar surface area (TPSA) is 83.5 Å². The van der Waals surface area contributed by atoms with Crippen LogP contribution in [0, 0.1) is 6.92 Å². The van der Waals surface area contributed by atoms with Crippen LogP contribution in [-0.4, -0.2) is 36.4 Å². The maximum atomic E-state index is 4.61. The van der Waals surface area contributed by atoms with Crippen molar-refractivity contribution >= 4 is 5.82 Å². The number of hydrogen-bond donors (Lipinski definition) is 1. The lowest BCUT2D eigenvalue weighted by Gasteiger charge is -2.25. The van der Waals surface area contributed by atoms with Crippen LogP contribution in [-0.2, 0) is 0 Å². The zero-order valence-electron chi connectivity index (χ0n) is 12.8. The number of nitrogens with one attached hydrogen (secondary N) is 1. The number of nitrogens with zero attached hydrogens (tertiary/aromatic N) is 6. The standard InChI is InChI=1S/C16H17N7/c1-11-17-5-4-15(22-11)23-8-2-3-14(23)12-9-21-13(10-20-12)16-18-6-7-19-16/h4-7,9-10,14H,2-3,8H2,1H3,(H,18,19)/t14-/m1/s1. The summed E-state index contributed by atoms with van der Waals surface area (Å²) in [5, 5.41) is 0. The maximum Gasteiger partial charge on any atom is 0.157 e. The van der Waals surface area contributed by atoms with E-state index in [0.717, 1.165) is 48.2 Å². The first-order chi connectivity index (χ1) is 11.3. The Morgan fingerprint density at radius 2 is 2.09 bits per heavy atom. The molecule has 0 radical (unpaired) electrons. The zero-order chi connectivity index (χ0) is 15.6. The zero-order valence-corrected chi connectivity index (χ0v) is 12.8. The number of aryl methyl sites for hydroxylation is 1. The predicted octanol–water partition coefficient (Wildman–Crippen LogP) is 2.31. The molecule has 3 aromatic heterocycles. The fourth-order valence-electron chi connectivity index (χ4n) is 2.99. The van der Waals surface area contributed by atoms with Gasteiger partial charge in [-0.1, -0.05) is 0 Å². The second-order valence-corrected chi connectivity index (χ2v) is 5.58. The molecule has 0 saturated carbocycles. The van der Waals surface area contributed by atoms with Crippen molar-refractivity contribution in [2.24, 2.45) is 0 Å². The molecule has 7 heteroatoms. The second kappa shape index (κ2) is 5.75. The van der Waals surface area contributed by atoms with Crippen LogP contribution >= 0.6 is 0 Å². The Kier molecular flexibility index (Phi) is 3.45. The van der Waals surface area contributed by atoms with Gasteiger partial charge in [0.15, 0.2) is 5.82 Å². The Hall–Kier alpha value is -2.83. The van der Waals surface area contributed by atoms with Crippen LogP contribution in [0.5, 0.6) is 0 Å². The van der Waals surface area contributed by atoms with E-state index in [4.69, 9.17) is 0 Å². The summed E-state index contributed by atoms with van der Waals surface area (Å²) < 4.78 is 0. The largest absolute Gasteiger partial charge is 0.348 e. The van der Waals surface area contributed by atoms with Gasteiger partial charge in [-0.25, -0.2) is 19.9 Å². The van der Waals surface area contributed by atoms with Gasteiger partial charge in [-0.05, 0) is 25.8 Å². The third-order valence-electron chi connectivity index (χ3n) is 4.06. The quantitative estimate of drug-likeness (QED) is 0.799. The number of hydrogen-bond acceptors (Lipinski definition) is 6. The first-order valence-electron chi connectivity index (χ1n) is 7.69. The number of imidazole rings is 1. The summed E-state index contributed by atoms with van der Waals surface area (Å²) in [5.74, 6) is 2.48. The van der Waals surface area contributed by atoms with Gasteiger partial charge < -0.3 is 9.88 Å². The maximum absolute atomic E-state index is 4.61. The highest BCUT2D eigenvalue weighted by Gasteiger charge is 2.28. The lowest BCUT2D eigenvalue weighted by Crippen LogP contribution is -2.24. The number of aromatic nitrogens is 6. The molecule has 1 N–H and O–H groups in total. The Morgan fingerprint density at radius 1 is 1.13 bits per heavy atom. The van der Waals surface area contributed by atoms with Crippen LogP contribution in [0.1, 0.15) is 30.4 Å². The summed E-state index contributed by atoms with van der Waals surface area (Å²) in [6.45, 7) is 2.88. The summed E-state index contributed by atoms with van der Waals surface area (Å²) in [4.78, 5) is 27.3. The molecule has 7 nitrogen and oxygen atoms in total. The first kappa shape index (κ1) is 13.8. The normalized spacial score (nSPS) is 17.6.